The summed E-state index contributed by atoms with van der Waals surface area (Å²) in [4.78, 5) is 28.9. The molecule has 0 aliphatic carbocycles. The van der Waals surface area contributed by atoms with Gasteiger partial charge in [-0.15, -0.1) is 0 Å². The zero-order valence-electron chi connectivity index (χ0n) is 17.9. The van der Waals surface area contributed by atoms with Crippen molar-refractivity contribution in [3.8, 4) is 17.2 Å². The van der Waals surface area contributed by atoms with E-state index in [1.54, 1.807) is 24.0 Å². The Bertz CT molecular complexity index is 841. The standard InChI is InChI=1S/C24H30N2O5/c1-19(31-22-12-10-20(27)11-13-22)24(29)26-15-6-14-25(16-17-26)23(28)9-5-18-30-21-7-3-2-4-8-21/h2-4,7-8,10-13,19,27H,5-6,9,14-18H2,1H3. The Morgan fingerprint density at radius 2 is 1.61 bits per heavy atom. The SMILES string of the molecule is CC(Oc1ccc(O)cc1)C(=O)N1CCCN(C(=O)CCCOc2ccccc2)CC1. The van der Waals surface area contributed by atoms with Crippen LogP contribution in [0.4, 0.5) is 0 Å². The first kappa shape index (κ1) is 22.5. The maximum Gasteiger partial charge on any atom is 0.263 e. The van der Waals surface area contributed by atoms with E-state index >= 15 is 0 Å². The van der Waals surface area contributed by atoms with Crippen molar-refractivity contribution in [1.82, 2.24) is 9.80 Å². The highest BCUT2D eigenvalue weighted by Crippen LogP contribution is 2.18. The molecule has 0 aromatic heterocycles. The summed E-state index contributed by atoms with van der Waals surface area (Å²) < 4.78 is 11.4. The first-order valence-electron chi connectivity index (χ1n) is 10.7. The van der Waals surface area contributed by atoms with E-state index in [0.717, 1.165) is 12.2 Å². The van der Waals surface area contributed by atoms with Crippen molar-refractivity contribution in [2.45, 2.75) is 32.3 Å². The van der Waals surface area contributed by atoms with Gasteiger partial charge in [0.05, 0.1) is 6.61 Å². The van der Waals surface area contributed by atoms with Crippen molar-refractivity contribution in [2.24, 2.45) is 0 Å². The Morgan fingerprint density at radius 1 is 0.935 bits per heavy atom. The Labute approximate surface area is 183 Å². The summed E-state index contributed by atoms with van der Waals surface area (Å²) in [7, 11) is 0. The fourth-order valence-corrected chi connectivity index (χ4v) is 3.51. The van der Waals surface area contributed by atoms with Gasteiger partial charge in [0.1, 0.15) is 17.2 Å². The summed E-state index contributed by atoms with van der Waals surface area (Å²) in [6.07, 6.45) is 1.19. The lowest BCUT2D eigenvalue weighted by atomic mass is 10.2. The number of benzene rings is 2. The molecule has 3 rings (SSSR count). The lowest BCUT2D eigenvalue weighted by molar-refractivity contribution is -0.138. The number of carbonyl (C=O) groups excluding carboxylic acids is 2. The van der Waals surface area contributed by atoms with E-state index in [2.05, 4.69) is 0 Å². The number of nitrogens with zero attached hydrogens (tertiary/aromatic N) is 2. The lowest BCUT2D eigenvalue weighted by Crippen LogP contribution is -2.43. The van der Waals surface area contributed by atoms with Gasteiger partial charge < -0.3 is 24.4 Å². The summed E-state index contributed by atoms with van der Waals surface area (Å²) in [5.74, 6) is 1.48. The van der Waals surface area contributed by atoms with Crippen LogP contribution in [0.1, 0.15) is 26.2 Å². The van der Waals surface area contributed by atoms with Crippen LogP contribution < -0.4 is 9.47 Å². The van der Waals surface area contributed by atoms with Crippen LogP contribution in [0.15, 0.2) is 54.6 Å². The van der Waals surface area contributed by atoms with Gasteiger partial charge in [-0.25, -0.2) is 0 Å². The fourth-order valence-electron chi connectivity index (χ4n) is 3.51. The number of amides is 2. The van der Waals surface area contributed by atoms with Crippen molar-refractivity contribution >= 4 is 11.8 Å². The predicted molar refractivity (Wildman–Crippen MR) is 117 cm³/mol. The molecule has 0 bridgehead atoms. The van der Waals surface area contributed by atoms with Gasteiger partial charge in [-0.1, -0.05) is 18.2 Å². The second-order valence-electron chi connectivity index (χ2n) is 7.58. The molecule has 166 valence electrons. The van der Waals surface area contributed by atoms with E-state index < -0.39 is 6.10 Å². The summed E-state index contributed by atoms with van der Waals surface area (Å²) in [6, 6.07) is 15.9. The number of ether oxygens (including phenoxy) is 2. The third-order valence-electron chi connectivity index (χ3n) is 5.20. The third-order valence-corrected chi connectivity index (χ3v) is 5.20. The van der Waals surface area contributed by atoms with E-state index in [9.17, 15) is 14.7 Å². The monoisotopic (exact) mass is 426 g/mol. The summed E-state index contributed by atoms with van der Waals surface area (Å²) in [6.45, 7) is 4.48. The molecule has 0 spiro atoms. The largest absolute Gasteiger partial charge is 0.508 e. The number of aromatic hydroxyl groups is 1. The number of phenolic OH excluding ortho intramolecular Hbond substituents is 1. The third kappa shape index (κ3) is 6.91. The van der Waals surface area contributed by atoms with Crippen LogP contribution in [-0.4, -0.2) is 65.6 Å². The average Bonchev–Trinajstić information content (AvgIpc) is 3.05. The highest BCUT2D eigenvalue weighted by Gasteiger charge is 2.26. The molecule has 31 heavy (non-hydrogen) atoms. The molecule has 1 aliphatic rings. The predicted octanol–water partition coefficient (Wildman–Crippen LogP) is 3.08. The summed E-state index contributed by atoms with van der Waals surface area (Å²) >= 11 is 0. The molecule has 1 N–H and O–H groups in total. The number of hydrogen-bond acceptors (Lipinski definition) is 5. The summed E-state index contributed by atoms with van der Waals surface area (Å²) in [5.41, 5.74) is 0. The lowest BCUT2D eigenvalue weighted by Gasteiger charge is -2.25. The van der Waals surface area contributed by atoms with Crippen LogP contribution in [0.25, 0.3) is 0 Å². The van der Waals surface area contributed by atoms with E-state index in [0.29, 0.717) is 51.4 Å². The van der Waals surface area contributed by atoms with Gasteiger partial charge in [0.25, 0.3) is 5.91 Å². The highest BCUT2D eigenvalue weighted by molar-refractivity contribution is 5.81. The molecule has 0 radical (unpaired) electrons. The minimum Gasteiger partial charge on any atom is -0.508 e. The topological polar surface area (TPSA) is 79.3 Å². The Balaban J connectivity index is 1.40. The van der Waals surface area contributed by atoms with Gasteiger partial charge in [0, 0.05) is 32.6 Å². The van der Waals surface area contributed by atoms with Crippen LogP contribution in [-0.2, 0) is 9.59 Å². The molecular formula is C24H30N2O5. The second-order valence-corrected chi connectivity index (χ2v) is 7.58. The molecule has 1 aliphatic heterocycles. The number of phenols is 1. The molecule has 1 unspecified atom stereocenters. The average molecular weight is 427 g/mol. The van der Waals surface area contributed by atoms with Crippen molar-refractivity contribution in [1.29, 1.82) is 0 Å². The van der Waals surface area contributed by atoms with E-state index in [1.807, 2.05) is 35.2 Å². The maximum absolute atomic E-state index is 12.8. The minimum absolute atomic E-state index is 0.0966. The van der Waals surface area contributed by atoms with Gasteiger partial charge in [0.2, 0.25) is 5.91 Å². The molecule has 2 aromatic carbocycles. The zero-order chi connectivity index (χ0) is 22.1. The maximum atomic E-state index is 12.8. The van der Waals surface area contributed by atoms with Crippen LogP contribution in [0.2, 0.25) is 0 Å². The number of hydrogen-bond donors (Lipinski definition) is 1. The Kier molecular flexibility index (Phi) is 8.15. The van der Waals surface area contributed by atoms with Gasteiger partial charge in [-0.2, -0.15) is 0 Å². The quantitative estimate of drug-likeness (QED) is 0.657. The van der Waals surface area contributed by atoms with Crippen molar-refractivity contribution < 1.29 is 24.2 Å². The molecule has 1 atom stereocenters. The molecule has 7 nitrogen and oxygen atoms in total. The van der Waals surface area contributed by atoms with Gasteiger partial charge in [-0.05, 0) is 56.2 Å². The van der Waals surface area contributed by atoms with Crippen molar-refractivity contribution in [3.05, 3.63) is 54.6 Å². The first-order chi connectivity index (χ1) is 15.0. The van der Waals surface area contributed by atoms with Crippen LogP contribution in [0.3, 0.4) is 0 Å². The Morgan fingerprint density at radius 3 is 2.35 bits per heavy atom. The van der Waals surface area contributed by atoms with Crippen LogP contribution in [0, 0.1) is 0 Å². The van der Waals surface area contributed by atoms with Gasteiger partial charge >= 0.3 is 0 Å². The van der Waals surface area contributed by atoms with Crippen molar-refractivity contribution in [2.75, 3.05) is 32.8 Å². The fraction of sp³-hybridized carbons (Fsp3) is 0.417. The smallest absolute Gasteiger partial charge is 0.263 e. The molecule has 1 heterocycles. The van der Waals surface area contributed by atoms with Crippen molar-refractivity contribution in [3.63, 3.8) is 0 Å². The number of rotatable bonds is 8. The molecule has 1 saturated heterocycles. The summed E-state index contributed by atoms with van der Waals surface area (Å²) in [5, 5.41) is 9.36. The minimum atomic E-state index is -0.637. The molecule has 0 saturated carbocycles. The van der Waals surface area contributed by atoms with Gasteiger partial charge in [0.15, 0.2) is 6.10 Å². The number of carbonyl (C=O) groups is 2. The van der Waals surface area contributed by atoms with E-state index in [4.69, 9.17) is 9.47 Å². The van der Waals surface area contributed by atoms with Crippen LogP contribution >= 0.6 is 0 Å². The van der Waals surface area contributed by atoms with Gasteiger partial charge in [-0.3, -0.25) is 9.59 Å². The Hall–Kier alpha value is -3.22. The highest BCUT2D eigenvalue weighted by atomic mass is 16.5. The molecular weight excluding hydrogens is 396 g/mol. The normalized spacial score (nSPS) is 15.1. The molecule has 2 amide bonds. The van der Waals surface area contributed by atoms with E-state index in [1.165, 1.54) is 12.1 Å². The first-order valence-corrected chi connectivity index (χ1v) is 10.7. The van der Waals surface area contributed by atoms with Crippen LogP contribution in [0.5, 0.6) is 17.2 Å². The molecule has 2 aromatic rings. The number of para-hydroxylation sites is 1. The zero-order valence-corrected chi connectivity index (χ0v) is 17.9. The molecule has 1 fully saturated rings. The van der Waals surface area contributed by atoms with E-state index in [-0.39, 0.29) is 17.6 Å². The molecule has 7 heteroatoms. The second kappa shape index (κ2) is 11.2.